The van der Waals surface area contributed by atoms with Crippen LogP contribution >= 0.6 is 0 Å². The Kier molecular flexibility index (Phi) is 4.66. The van der Waals surface area contributed by atoms with E-state index in [9.17, 15) is 4.39 Å². The van der Waals surface area contributed by atoms with Crippen LogP contribution in [0.2, 0.25) is 0 Å². The Balaban J connectivity index is 1.59. The third-order valence-electron chi connectivity index (χ3n) is 3.77. The second-order valence-electron chi connectivity index (χ2n) is 5.39. The summed E-state index contributed by atoms with van der Waals surface area (Å²) in [5.74, 6) is 0.252. The lowest BCUT2D eigenvalue weighted by Gasteiger charge is -2.19. The summed E-state index contributed by atoms with van der Waals surface area (Å²) < 4.78 is 14.0. The van der Waals surface area contributed by atoms with Crippen molar-refractivity contribution in [1.29, 1.82) is 0 Å². The first kappa shape index (κ1) is 15.2. The third-order valence-corrected chi connectivity index (χ3v) is 3.77. The van der Waals surface area contributed by atoms with E-state index >= 15 is 0 Å². The normalized spacial score (nSPS) is 10.7. The van der Waals surface area contributed by atoms with Crippen LogP contribution in [-0.4, -0.2) is 30.1 Å². The maximum absolute atomic E-state index is 14.0. The van der Waals surface area contributed by atoms with Gasteiger partial charge in [-0.1, -0.05) is 24.3 Å². The van der Waals surface area contributed by atoms with Gasteiger partial charge >= 0.3 is 0 Å². The van der Waals surface area contributed by atoms with Crippen LogP contribution in [0.5, 0.6) is 0 Å². The van der Waals surface area contributed by atoms with E-state index in [0.717, 1.165) is 19.5 Å². The first-order chi connectivity index (χ1) is 11.3. The molecule has 118 valence electrons. The van der Waals surface area contributed by atoms with Gasteiger partial charge in [0.1, 0.15) is 18.0 Å². The molecule has 0 saturated heterocycles. The van der Waals surface area contributed by atoms with Crippen LogP contribution in [-0.2, 0) is 0 Å². The summed E-state index contributed by atoms with van der Waals surface area (Å²) in [6, 6.07) is 15.1. The lowest BCUT2D eigenvalue weighted by atomic mass is 10.2. The highest BCUT2D eigenvalue weighted by molar-refractivity contribution is 5.89. The maximum Gasteiger partial charge on any atom is 0.140 e. The Morgan fingerprint density at radius 1 is 1.04 bits per heavy atom. The zero-order valence-electron chi connectivity index (χ0n) is 13.0. The van der Waals surface area contributed by atoms with Crippen LogP contribution in [0.25, 0.3) is 10.9 Å². The van der Waals surface area contributed by atoms with Crippen molar-refractivity contribution in [3.05, 3.63) is 60.7 Å². The van der Waals surface area contributed by atoms with Crippen LogP contribution < -0.4 is 10.2 Å². The minimum absolute atomic E-state index is 0.299. The van der Waals surface area contributed by atoms with E-state index in [-0.39, 0.29) is 5.82 Å². The summed E-state index contributed by atoms with van der Waals surface area (Å²) in [6.07, 6.45) is 2.38. The van der Waals surface area contributed by atoms with Crippen molar-refractivity contribution in [2.75, 3.05) is 30.4 Å². The quantitative estimate of drug-likeness (QED) is 0.705. The van der Waals surface area contributed by atoms with Crippen molar-refractivity contribution in [2.45, 2.75) is 6.42 Å². The SMILES string of the molecule is CN(CCCNc1ncnc2cccc(F)c12)c1ccccc1. The van der Waals surface area contributed by atoms with Crippen molar-refractivity contribution < 1.29 is 4.39 Å². The first-order valence-electron chi connectivity index (χ1n) is 7.65. The molecule has 0 atom stereocenters. The van der Waals surface area contributed by atoms with Gasteiger partial charge in [-0.3, -0.25) is 0 Å². The van der Waals surface area contributed by atoms with Gasteiger partial charge in [0.05, 0.1) is 10.9 Å². The summed E-state index contributed by atoms with van der Waals surface area (Å²) in [6.45, 7) is 1.63. The largest absolute Gasteiger partial charge is 0.375 e. The summed E-state index contributed by atoms with van der Waals surface area (Å²) in [4.78, 5) is 10.5. The molecule has 0 amide bonds. The van der Waals surface area contributed by atoms with E-state index in [1.807, 2.05) is 18.2 Å². The molecule has 4 nitrogen and oxygen atoms in total. The molecular weight excluding hydrogens is 291 g/mol. The van der Waals surface area contributed by atoms with Crippen molar-refractivity contribution in [1.82, 2.24) is 9.97 Å². The molecule has 1 aromatic heterocycles. The molecule has 0 spiro atoms. The van der Waals surface area contributed by atoms with E-state index < -0.39 is 0 Å². The van der Waals surface area contributed by atoms with Crippen LogP contribution in [0.1, 0.15) is 6.42 Å². The molecule has 0 aliphatic heterocycles. The van der Waals surface area contributed by atoms with Gasteiger partial charge in [0.15, 0.2) is 0 Å². The van der Waals surface area contributed by atoms with Crippen molar-refractivity contribution in [2.24, 2.45) is 0 Å². The predicted octanol–water partition coefficient (Wildman–Crippen LogP) is 3.71. The van der Waals surface area contributed by atoms with Gasteiger partial charge in [0, 0.05) is 25.8 Å². The number of fused-ring (bicyclic) bond motifs is 1. The average molecular weight is 310 g/mol. The number of para-hydroxylation sites is 1. The number of hydrogen-bond donors (Lipinski definition) is 1. The third kappa shape index (κ3) is 3.56. The number of rotatable bonds is 6. The number of aromatic nitrogens is 2. The van der Waals surface area contributed by atoms with Gasteiger partial charge in [0.25, 0.3) is 0 Å². The second kappa shape index (κ2) is 7.05. The molecule has 0 saturated carbocycles. The summed E-state index contributed by atoms with van der Waals surface area (Å²) in [7, 11) is 2.06. The fourth-order valence-corrected chi connectivity index (χ4v) is 2.54. The highest BCUT2D eigenvalue weighted by Crippen LogP contribution is 2.22. The smallest absolute Gasteiger partial charge is 0.140 e. The Labute approximate surface area is 135 Å². The number of hydrogen-bond acceptors (Lipinski definition) is 4. The fourth-order valence-electron chi connectivity index (χ4n) is 2.54. The van der Waals surface area contributed by atoms with E-state index in [2.05, 4.69) is 39.4 Å². The number of halogens is 1. The molecule has 0 radical (unpaired) electrons. The molecule has 2 aromatic carbocycles. The lowest BCUT2D eigenvalue weighted by molar-refractivity contribution is 0.639. The highest BCUT2D eigenvalue weighted by Gasteiger charge is 2.08. The minimum Gasteiger partial charge on any atom is -0.375 e. The Bertz CT molecular complexity index is 771. The molecule has 0 bridgehead atoms. The van der Waals surface area contributed by atoms with Crippen molar-refractivity contribution in [3.63, 3.8) is 0 Å². The summed E-state index contributed by atoms with van der Waals surface area (Å²) in [5.41, 5.74) is 1.80. The van der Waals surface area contributed by atoms with Gasteiger partial charge in [-0.25, -0.2) is 14.4 Å². The molecule has 3 rings (SSSR count). The predicted molar refractivity (Wildman–Crippen MR) is 92.3 cm³/mol. The van der Waals surface area contributed by atoms with E-state index in [4.69, 9.17) is 0 Å². The number of nitrogens with one attached hydrogen (secondary N) is 1. The molecular formula is C18H19FN4. The van der Waals surface area contributed by atoms with E-state index in [0.29, 0.717) is 16.7 Å². The number of nitrogens with zero attached hydrogens (tertiary/aromatic N) is 3. The van der Waals surface area contributed by atoms with Gasteiger partial charge in [-0.2, -0.15) is 0 Å². The molecule has 1 N–H and O–H groups in total. The van der Waals surface area contributed by atoms with E-state index in [1.54, 1.807) is 12.1 Å². The van der Waals surface area contributed by atoms with Gasteiger partial charge in [-0.15, -0.1) is 0 Å². The molecule has 0 unspecified atom stereocenters. The van der Waals surface area contributed by atoms with E-state index in [1.165, 1.54) is 18.1 Å². The molecule has 1 heterocycles. The first-order valence-corrected chi connectivity index (χ1v) is 7.65. The zero-order chi connectivity index (χ0) is 16.1. The molecule has 0 fully saturated rings. The van der Waals surface area contributed by atoms with Gasteiger partial charge in [0.2, 0.25) is 0 Å². The Hall–Kier alpha value is -2.69. The van der Waals surface area contributed by atoms with Gasteiger partial charge < -0.3 is 10.2 Å². The van der Waals surface area contributed by atoms with Crippen molar-refractivity contribution >= 4 is 22.4 Å². The number of anilines is 2. The maximum atomic E-state index is 14.0. The lowest BCUT2D eigenvalue weighted by Crippen LogP contribution is -2.20. The number of benzene rings is 2. The molecule has 0 aliphatic rings. The van der Waals surface area contributed by atoms with Crippen molar-refractivity contribution in [3.8, 4) is 0 Å². The minimum atomic E-state index is -0.299. The topological polar surface area (TPSA) is 41.0 Å². The summed E-state index contributed by atoms with van der Waals surface area (Å²) >= 11 is 0. The fraction of sp³-hybridized carbons (Fsp3) is 0.222. The van der Waals surface area contributed by atoms with Crippen LogP contribution in [0.15, 0.2) is 54.9 Å². The molecule has 5 heteroatoms. The van der Waals surface area contributed by atoms with Crippen LogP contribution in [0.4, 0.5) is 15.9 Å². The van der Waals surface area contributed by atoms with Gasteiger partial charge in [-0.05, 0) is 30.7 Å². The van der Waals surface area contributed by atoms with Crippen LogP contribution in [0.3, 0.4) is 0 Å². The highest BCUT2D eigenvalue weighted by atomic mass is 19.1. The zero-order valence-corrected chi connectivity index (χ0v) is 13.0. The molecule has 0 aliphatic carbocycles. The second-order valence-corrected chi connectivity index (χ2v) is 5.39. The molecule has 3 aromatic rings. The Morgan fingerprint density at radius 2 is 1.87 bits per heavy atom. The monoisotopic (exact) mass is 310 g/mol. The summed E-state index contributed by atoms with van der Waals surface area (Å²) in [5, 5.41) is 3.67. The standard InChI is InChI=1S/C18H19FN4/c1-23(14-7-3-2-4-8-14)12-6-11-20-18-17-15(19)9-5-10-16(17)21-13-22-18/h2-5,7-10,13H,6,11-12H2,1H3,(H,20,21,22). The van der Waals surface area contributed by atoms with Crippen LogP contribution in [0, 0.1) is 5.82 Å². The molecule has 23 heavy (non-hydrogen) atoms. The average Bonchev–Trinajstić information content (AvgIpc) is 2.59. The Morgan fingerprint density at radius 3 is 2.70 bits per heavy atom.